The number of ether oxygens (including phenoxy) is 3. The number of aliphatic imine (C=N–C) groups is 1. The second kappa shape index (κ2) is 11.3. The summed E-state index contributed by atoms with van der Waals surface area (Å²) in [4.78, 5) is 6.94. The largest absolute Gasteiger partial charge is 0.376 e. The van der Waals surface area contributed by atoms with E-state index in [-0.39, 0.29) is 6.10 Å². The Morgan fingerprint density at radius 1 is 1.06 bits per heavy atom. The second-order valence-electron chi connectivity index (χ2n) is 9.19. The Labute approximate surface area is 187 Å². The predicted octanol–water partition coefficient (Wildman–Crippen LogP) is 3.70. The average Bonchev–Trinajstić information content (AvgIpc) is 3.33. The maximum atomic E-state index is 6.19. The van der Waals surface area contributed by atoms with Crippen LogP contribution in [0.25, 0.3) is 0 Å². The van der Waals surface area contributed by atoms with Crippen molar-refractivity contribution >= 4 is 5.96 Å². The number of hydrogen-bond donors (Lipinski definition) is 1. The van der Waals surface area contributed by atoms with Crippen molar-refractivity contribution in [3.8, 4) is 0 Å². The molecule has 0 radical (unpaired) electrons. The van der Waals surface area contributed by atoms with Crippen LogP contribution in [0.15, 0.2) is 29.3 Å². The van der Waals surface area contributed by atoms with E-state index in [0.717, 1.165) is 71.1 Å². The van der Waals surface area contributed by atoms with E-state index < -0.39 is 0 Å². The Morgan fingerprint density at radius 2 is 1.81 bits per heavy atom. The van der Waals surface area contributed by atoms with Gasteiger partial charge in [-0.25, -0.2) is 0 Å². The van der Waals surface area contributed by atoms with Crippen molar-refractivity contribution in [1.82, 2.24) is 10.2 Å². The lowest BCUT2D eigenvalue weighted by molar-refractivity contribution is -0.0371. The van der Waals surface area contributed by atoms with Gasteiger partial charge < -0.3 is 24.4 Å². The Balaban J connectivity index is 1.24. The van der Waals surface area contributed by atoms with Crippen LogP contribution in [0, 0.1) is 12.8 Å². The van der Waals surface area contributed by atoms with Crippen molar-refractivity contribution < 1.29 is 14.2 Å². The lowest BCUT2D eigenvalue weighted by atomic mass is 9.89. The SMILES string of the molecule is CN=C(NCC1CCCOC1c1ccc(C)cc1)N1CCC(OCC2CCCO2)CC1. The van der Waals surface area contributed by atoms with Crippen LogP contribution in [0.5, 0.6) is 0 Å². The zero-order chi connectivity index (χ0) is 21.5. The van der Waals surface area contributed by atoms with Crippen LogP contribution in [0.3, 0.4) is 0 Å². The molecule has 0 saturated carbocycles. The quantitative estimate of drug-likeness (QED) is 0.552. The van der Waals surface area contributed by atoms with Crippen LogP contribution < -0.4 is 5.32 Å². The van der Waals surface area contributed by atoms with E-state index in [1.807, 2.05) is 7.05 Å². The first-order valence-electron chi connectivity index (χ1n) is 12.1. The van der Waals surface area contributed by atoms with Crippen molar-refractivity contribution in [2.75, 3.05) is 46.5 Å². The van der Waals surface area contributed by atoms with Gasteiger partial charge in [-0.05, 0) is 51.0 Å². The summed E-state index contributed by atoms with van der Waals surface area (Å²) in [5, 5.41) is 3.65. The van der Waals surface area contributed by atoms with Gasteiger partial charge in [0, 0.05) is 45.8 Å². The van der Waals surface area contributed by atoms with Crippen LogP contribution in [-0.2, 0) is 14.2 Å². The monoisotopic (exact) mass is 429 g/mol. The zero-order valence-corrected chi connectivity index (χ0v) is 19.2. The molecular formula is C25H39N3O3. The number of benzene rings is 1. The highest BCUT2D eigenvalue weighted by Gasteiger charge is 2.29. The van der Waals surface area contributed by atoms with Crippen molar-refractivity contribution in [2.24, 2.45) is 10.9 Å². The Bertz CT molecular complexity index is 694. The second-order valence-corrected chi connectivity index (χ2v) is 9.19. The molecule has 3 fully saturated rings. The highest BCUT2D eigenvalue weighted by molar-refractivity contribution is 5.80. The zero-order valence-electron chi connectivity index (χ0n) is 19.2. The summed E-state index contributed by atoms with van der Waals surface area (Å²) in [6, 6.07) is 8.80. The molecule has 0 aliphatic carbocycles. The minimum absolute atomic E-state index is 0.164. The van der Waals surface area contributed by atoms with Gasteiger partial charge in [0.1, 0.15) is 0 Å². The van der Waals surface area contributed by atoms with Gasteiger partial charge in [0.2, 0.25) is 0 Å². The summed E-state index contributed by atoms with van der Waals surface area (Å²) in [5.41, 5.74) is 2.58. The molecule has 0 amide bonds. The number of nitrogens with one attached hydrogen (secondary N) is 1. The topological polar surface area (TPSA) is 55.3 Å². The highest BCUT2D eigenvalue weighted by Crippen LogP contribution is 2.33. The van der Waals surface area contributed by atoms with Crippen LogP contribution >= 0.6 is 0 Å². The number of guanidine groups is 1. The lowest BCUT2D eigenvalue weighted by Gasteiger charge is -2.36. The first-order valence-corrected chi connectivity index (χ1v) is 12.1. The van der Waals surface area contributed by atoms with E-state index in [9.17, 15) is 0 Å². The molecule has 4 rings (SSSR count). The van der Waals surface area contributed by atoms with E-state index in [0.29, 0.717) is 18.1 Å². The molecule has 3 saturated heterocycles. The first kappa shape index (κ1) is 22.6. The van der Waals surface area contributed by atoms with E-state index in [2.05, 4.69) is 46.4 Å². The van der Waals surface area contributed by atoms with Gasteiger partial charge in [0.05, 0.1) is 24.9 Å². The van der Waals surface area contributed by atoms with Gasteiger partial charge in [0.15, 0.2) is 5.96 Å². The van der Waals surface area contributed by atoms with Crippen molar-refractivity contribution in [3.63, 3.8) is 0 Å². The van der Waals surface area contributed by atoms with Crippen LogP contribution in [0.4, 0.5) is 0 Å². The van der Waals surface area contributed by atoms with Gasteiger partial charge in [-0.1, -0.05) is 29.8 Å². The minimum atomic E-state index is 0.164. The number of likely N-dealkylation sites (tertiary alicyclic amines) is 1. The minimum Gasteiger partial charge on any atom is -0.376 e. The number of rotatable bonds is 6. The van der Waals surface area contributed by atoms with E-state index in [4.69, 9.17) is 14.2 Å². The number of hydrogen-bond acceptors (Lipinski definition) is 4. The highest BCUT2D eigenvalue weighted by atomic mass is 16.5. The summed E-state index contributed by atoms with van der Waals surface area (Å²) in [6.07, 6.45) is 7.54. The third-order valence-corrected chi connectivity index (χ3v) is 6.87. The molecule has 3 atom stereocenters. The molecule has 0 spiro atoms. The van der Waals surface area contributed by atoms with Gasteiger partial charge >= 0.3 is 0 Å². The van der Waals surface area contributed by atoms with E-state index in [1.54, 1.807) is 0 Å². The number of aryl methyl sites for hydroxylation is 1. The van der Waals surface area contributed by atoms with Crippen LogP contribution in [0.1, 0.15) is 55.8 Å². The van der Waals surface area contributed by atoms with Gasteiger partial charge in [0.25, 0.3) is 0 Å². The molecule has 3 aliphatic rings. The molecule has 172 valence electrons. The van der Waals surface area contributed by atoms with Crippen molar-refractivity contribution in [2.45, 2.75) is 63.8 Å². The number of piperidine rings is 1. The summed E-state index contributed by atoms with van der Waals surface area (Å²) in [6.45, 7) is 7.48. The first-order chi connectivity index (χ1) is 15.2. The standard InChI is InChI=1S/C25H39N3O3/c1-19-7-9-20(10-8-19)24-21(5-3-16-30-24)17-27-25(26-2)28-13-11-22(12-14-28)31-18-23-6-4-15-29-23/h7-10,21-24H,3-6,11-18H2,1-2H3,(H,26,27). The normalized spacial score (nSPS) is 28.1. The maximum absolute atomic E-state index is 6.19. The molecule has 3 aliphatic heterocycles. The van der Waals surface area contributed by atoms with Gasteiger partial charge in [-0.2, -0.15) is 0 Å². The fraction of sp³-hybridized carbons (Fsp3) is 0.720. The molecule has 6 heteroatoms. The molecule has 6 nitrogen and oxygen atoms in total. The van der Waals surface area contributed by atoms with Crippen LogP contribution in [0.2, 0.25) is 0 Å². The summed E-state index contributed by atoms with van der Waals surface area (Å²) >= 11 is 0. The Hall–Kier alpha value is -1.63. The fourth-order valence-electron chi connectivity index (χ4n) is 4.99. The average molecular weight is 430 g/mol. The third kappa shape index (κ3) is 6.21. The van der Waals surface area contributed by atoms with E-state index in [1.165, 1.54) is 24.0 Å². The molecule has 31 heavy (non-hydrogen) atoms. The number of nitrogens with zero attached hydrogens (tertiary/aromatic N) is 2. The smallest absolute Gasteiger partial charge is 0.193 e. The van der Waals surface area contributed by atoms with Crippen LogP contribution in [-0.4, -0.2) is 69.6 Å². The lowest BCUT2D eigenvalue weighted by Crippen LogP contribution is -2.48. The molecule has 0 bridgehead atoms. The fourth-order valence-corrected chi connectivity index (χ4v) is 4.99. The van der Waals surface area contributed by atoms with Gasteiger partial charge in [-0.3, -0.25) is 4.99 Å². The Morgan fingerprint density at radius 3 is 2.52 bits per heavy atom. The molecule has 0 aromatic heterocycles. The summed E-state index contributed by atoms with van der Waals surface area (Å²) in [5.74, 6) is 1.46. The molecule has 1 aromatic carbocycles. The molecule has 1 N–H and O–H groups in total. The molecule has 3 heterocycles. The van der Waals surface area contributed by atoms with Gasteiger partial charge in [-0.15, -0.1) is 0 Å². The summed E-state index contributed by atoms with van der Waals surface area (Å²) in [7, 11) is 1.89. The summed E-state index contributed by atoms with van der Waals surface area (Å²) < 4.78 is 18.0. The Kier molecular flexibility index (Phi) is 8.22. The van der Waals surface area contributed by atoms with Crippen molar-refractivity contribution in [3.05, 3.63) is 35.4 Å². The molecule has 3 unspecified atom stereocenters. The molecular weight excluding hydrogens is 390 g/mol. The van der Waals surface area contributed by atoms with Crippen molar-refractivity contribution in [1.29, 1.82) is 0 Å². The third-order valence-electron chi connectivity index (χ3n) is 6.87. The predicted molar refractivity (Wildman–Crippen MR) is 123 cm³/mol. The van der Waals surface area contributed by atoms with E-state index >= 15 is 0 Å². The molecule has 1 aromatic rings. The maximum Gasteiger partial charge on any atom is 0.193 e.